The van der Waals surface area contributed by atoms with Crippen LogP contribution in [0.2, 0.25) is 0 Å². The Morgan fingerprint density at radius 1 is 1.20 bits per heavy atom. The van der Waals surface area contributed by atoms with Gasteiger partial charge in [0.25, 0.3) is 0 Å². The number of carbonyl (C=O) groups excluding carboxylic acids is 1. The molecule has 0 aliphatic heterocycles. The Morgan fingerprint density at radius 3 is 2.66 bits per heavy atom. The van der Waals surface area contributed by atoms with Gasteiger partial charge in [-0.15, -0.1) is 21.5 Å². The molecule has 0 saturated heterocycles. The molecule has 1 amide bonds. The summed E-state index contributed by atoms with van der Waals surface area (Å²) in [5, 5.41) is 15.7. The Labute approximate surface area is 212 Å². The second kappa shape index (κ2) is 10.2. The van der Waals surface area contributed by atoms with Gasteiger partial charge in [0.05, 0.1) is 5.01 Å². The van der Waals surface area contributed by atoms with Crippen molar-refractivity contribution in [1.29, 1.82) is 0 Å². The summed E-state index contributed by atoms with van der Waals surface area (Å²) in [4.78, 5) is 17.7. The molecule has 1 atom stereocenters. The number of benzene rings is 1. The molecule has 2 heterocycles. The van der Waals surface area contributed by atoms with Crippen molar-refractivity contribution in [3.05, 3.63) is 57.6 Å². The Balaban J connectivity index is 1.37. The van der Waals surface area contributed by atoms with Gasteiger partial charge in [-0.05, 0) is 69.4 Å². The smallest absolute Gasteiger partial charge is 0.225 e. The summed E-state index contributed by atoms with van der Waals surface area (Å²) in [5.74, 6) is 4.16. The van der Waals surface area contributed by atoms with Crippen molar-refractivity contribution in [2.24, 2.45) is 11.8 Å². The lowest BCUT2D eigenvalue weighted by Gasteiger charge is -2.36. The highest BCUT2D eigenvalue weighted by Gasteiger charge is 2.39. The first kappa shape index (κ1) is 24.2. The van der Waals surface area contributed by atoms with Crippen LogP contribution < -0.4 is 5.32 Å². The summed E-state index contributed by atoms with van der Waals surface area (Å²) in [7, 11) is 0. The van der Waals surface area contributed by atoms with E-state index in [2.05, 4.69) is 41.7 Å². The van der Waals surface area contributed by atoms with Gasteiger partial charge in [-0.2, -0.15) is 0 Å². The number of rotatable bonds is 10. The number of thiazole rings is 1. The van der Waals surface area contributed by atoms with E-state index in [1.165, 1.54) is 37.7 Å². The molecular formula is C28H37N5OS. The van der Waals surface area contributed by atoms with E-state index in [-0.39, 0.29) is 11.8 Å². The van der Waals surface area contributed by atoms with Gasteiger partial charge in [0, 0.05) is 48.0 Å². The van der Waals surface area contributed by atoms with Gasteiger partial charge in [-0.25, -0.2) is 4.98 Å². The third kappa shape index (κ3) is 5.66. The summed E-state index contributed by atoms with van der Waals surface area (Å²) in [5.41, 5.74) is 3.15. The van der Waals surface area contributed by atoms with Crippen LogP contribution in [0.25, 0.3) is 0 Å². The predicted molar refractivity (Wildman–Crippen MR) is 141 cm³/mol. The van der Waals surface area contributed by atoms with E-state index in [1.54, 1.807) is 11.3 Å². The monoisotopic (exact) mass is 491 g/mol. The Bertz CT molecular complexity index is 1160. The molecule has 6 nitrogen and oxygen atoms in total. The number of carbonyl (C=O) groups is 1. The molecule has 5 rings (SSSR count). The lowest BCUT2D eigenvalue weighted by molar-refractivity contribution is -0.116. The van der Waals surface area contributed by atoms with E-state index in [0.29, 0.717) is 24.8 Å². The number of hydrogen-bond donors (Lipinski definition) is 1. The highest BCUT2D eigenvalue weighted by atomic mass is 32.1. The Kier molecular flexibility index (Phi) is 7.05. The molecule has 186 valence electrons. The minimum absolute atomic E-state index is 0.0195. The first-order valence-electron chi connectivity index (χ1n) is 13.1. The second-order valence-electron chi connectivity index (χ2n) is 11.1. The number of aryl methyl sites for hydroxylation is 2. The van der Waals surface area contributed by atoms with Gasteiger partial charge in [0.15, 0.2) is 0 Å². The van der Waals surface area contributed by atoms with Crippen molar-refractivity contribution >= 4 is 22.9 Å². The van der Waals surface area contributed by atoms with Crippen molar-refractivity contribution < 1.29 is 4.79 Å². The Hall–Kier alpha value is -2.54. The van der Waals surface area contributed by atoms with Crippen LogP contribution in [0.3, 0.4) is 0 Å². The fourth-order valence-corrected chi connectivity index (χ4v) is 6.28. The highest BCUT2D eigenvalue weighted by molar-refractivity contribution is 7.09. The summed E-state index contributed by atoms with van der Waals surface area (Å²) in [6.45, 7) is 8.73. The van der Waals surface area contributed by atoms with Gasteiger partial charge in [0.2, 0.25) is 5.91 Å². The summed E-state index contributed by atoms with van der Waals surface area (Å²) >= 11 is 1.65. The zero-order valence-corrected chi connectivity index (χ0v) is 22.1. The van der Waals surface area contributed by atoms with Gasteiger partial charge < -0.3 is 9.88 Å². The fraction of sp³-hybridized carbons (Fsp3) is 0.571. The number of amides is 1. The van der Waals surface area contributed by atoms with Crippen molar-refractivity contribution in [2.75, 3.05) is 5.32 Å². The standard InChI is InChI=1S/C28H37N5OS/c1-17(2)11-20-13-21(14-20)27-31-32-28(33(27)23-6-7-23)22(16-26-29-9-10-35-26)15-25(34)30-24-8-5-18(3)12-19(24)4/h5,8-10,12,17,20-23H,6-7,11,13-16H2,1-4H3,(H,30,34)/t20?,21?,22-/m0/s1. The molecule has 0 radical (unpaired) electrons. The number of anilines is 1. The average molecular weight is 492 g/mol. The molecule has 35 heavy (non-hydrogen) atoms. The highest BCUT2D eigenvalue weighted by Crippen LogP contribution is 2.48. The molecule has 1 N–H and O–H groups in total. The molecule has 2 aliphatic rings. The summed E-state index contributed by atoms with van der Waals surface area (Å²) in [6.07, 6.45) is 9.01. The lowest BCUT2D eigenvalue weighted by Crippen LogP contribution is -2.27. The maximum atomic E-state index is 13.2. The first-order chi connectivity index (χ1) is 16.9. The summed E-state index contributed by atoms with van der Waals surface area (Å²) in [6, 6.07) is 6.62. The van der Waals surface area contributed by atoms with E-state index in [4.69, 9.17) is 10.2 Å². The zero-order chi connectivity index (χ0) is 24.5. The second-order valence-corrected chi connectivity index (χ2v) is 12.1. The van der Waals surface area contributed by atoms with Crippen LogP contribution in [-0.2, 0) is 11.2 Å². The van der Waals surface area contributed by atoms with Crippen LogP contribution in [0, 0.1) is 25.7 Å². The SMILES string of the molecule is Cc1ccc(NC(=O)C[C@@H](Cc2nccs2)c2nnc(C3CC(CC(C)C)C3)n2C2CC2)c(C)c1. The largest absolute Gasteiger partial charge is 0.326 e. The predicted octanol–water partition coefficient (Wildman–Crippen LogP) is 6.58. The molecule has 2 saturated carbocycles. The summed E-state index contributed by atoms with van der Waals surface area (Å²) < 4.78 is 2.42. The van der Waals surface area contributed by atoms with Gasteiger partial charge in [0.1, 0.15) is 11.6 Å². The fourth-order valence-electron chi connectivity index (χ4n) is 5.58. The molecule has 2 aliphatic carbocycles. The van der Waals surface area contributed by atoms with Crippen molar-refractivity contribution in [1.82, 2.24) is 19.7 Å². The topological polar surface area (TPSA) is 72.7 Å². The van der Waals surface area contributed by atoms with E-state index in [9.17, 15) is 4.79 Å². The zero-order valence-electron chi connectivity index (χ0n) is 21.3. The molecule has 1 aromatic carbocycles. The number of aromatic nitrogens is 4. The van der Waals surface area contributed by atoms with Crippen LogP contribution in [0.15, 0.2) is 29.8 Å². The van der Waals surface area contributed by atoms with Crippen molar-refractivity contribution in [3.8, 4) is 0 Å². The minimum atomic E-state index is -0.0414. The van der Waals surface area contributed by atoms with E-state index in [1.807, 2.05) is 30.6 Å². The van der Waals surface area contributed by atoms with Crippen LogP contribution in [0.5, 0.6) is 0 Å². The Morgan fingerprint density at radius 2 is 2.00 bits per heavy atom. The van der Waals surface area contributed by atoms with Gasteiger partial charge >= 0.3 is 0 Å². The van der Waals surface area contributed by atoms with E-state index >= 15 is 0 Å². The average Bonchev–Trinajstić information content (AvgIpc) is 3.30. The molecule has 0 spiro atoms. The molecule has 7 heteroatoms. The lowest BCUT2D eigenvalue weighted by atomic mass is 9.71. The van der Waals surface area contributed by atoms with Crippen LogP contribution >= 0.6 is 11.3 Å². The third-order valence-corrected chi connectivity index (χ3v) is 8.23. The third-order valence-electron chi connectivity index (χ3n) is 7.42. The van der Waals surface area contributed by atoms with Gasteiger partial charge in [-0.3, -0.25) is 4.79 Å². The van der Waals surface area contributed by atoms with Crippen molar-refractivity contribution in [3.63, 3.8) is 0 Å². The van der Waals surface area contributed by atoms with Gasteiger partial charge in [-0.1, -0.05) is 31.5 Å². The molecule has 2 aromatic heterocycles. The number of hydrogen-bond acceptors (Lipinski definition) is 5. The molecule has 0 bridgehead atoms. The quantitative estimate of drug-likeness (QED) is 0.348. The normalized spacial score (nSPS) is 20.6. The van der Waals surface area contributed by atoms with Crippen LogP contribution in [0.1, 0.15) is 98.0 Å². The molecular weight excluding hydrogens is 454 g/mol. The van der Waals surface area contributed by atoms with Crippen LogP contribution in [-0.4, -0.2) is 25.7 Å². The first-order valence-corrected chi connectivity index (χ1v) is 14.0. The van der Waals surface area contributed by atoms with E-state index in [0.717, 1.165) is 39.7 Å². The number of nitrogens with zero attached hydrogens (tertiary/aromatic N) is 4. The molecule has 3 aromatic rings. The van der Waals surface area contributed by atoms with Crippen molar-refractivity contribution in [2.45, 2.75) is 90.5 Å². The minimum Gasteiger partial charge on any atom is -0.326 e. The maximum Gasteiger partial charge on any atom is 0.225 e. The van der Waals surface area contributed by atoms with E-state index < -0.39 is 0 Å². The van der Waals surface area contributed by atoms with Crippen LogP contribution in [0.4, 0.5) is 5.69 Å². The molecule has 0 unspecified atom stereocenters. The molecule has 2 fully saturated rings. The number of nitrogens with one attached hydrogen (secondary N) is 1. The maximum absolute atomic E-state index is 13.2.